The number of aryl methyl sites for hydroxylation is 1. The zero-order valence-electron chi connectivity index (χ0n) is 23.1. The van der Waals surface area contributed by atoms with Crippen LogP contribution in [0, 0.1) is 18.3 Å². The van der Waals surface area contributed by atoms with Crippen LogP contribution >= 0.6 is 24.0 Å². The van der Waals surface area contributed by atoms with Crippen molar-refractivity contribution in [1.29, 1.82) is 5.41 Å². The Morgan fingerprint density at radius 1 is 1.12 bits per heavy atom. The van der Waals surface area contributed by atoms with E-state index in [9.17, 15) is 4.79 Å². The number of rotatable bonds is 7. The molecule has 0 radical (unpaired) electrons. The molecule has 40 heavy (non-hydrogen) atoms. The van der Waals surface area contributed by atoms with Gasteiger partial charge in [-0.2, -0.15) is 17.7 Å². The number of fused-ring (bicyclic) bond motifs is 1. The van der Waals surface area contributed by atoms with Crippen molar-refractivity contribution in [3.8, 4) is 11.3 Å². The van der Waals surface area contributed by atoms with Crippen molar-refractivity contribution in [2.45, 2.75) is 32.6 Å². The fraction of sp³-hybridized carbons (Fsp3) is 0.414. The number of aromatic amines is 1. The molecule has 0 bridgehead atoms. The van der Waals surface area contributed by atoms with Crippen LogP contribution in [0.25, 0.3) is 22.2 Å². The molecule has 2 aliphatic rings. The molecule has 212 valence electrons. The number of benzene rings is 1. The number of likely N-dealkylation sites (tertiary alicyclic amines) is 1. The van der Waals surface area contributed by atoms with Crippen molar-refractivity contribution < 1.29 is 4.79 Å². The van der Waals surface area contributed by atoms with Crippen molar-refractivity contribution in [2.24, 2.45) is 5.92 Å². The fourth-order valence-corrected chi connectivity index (χ4v) is 5.88. The van der Waals surface area contributed by atoms with Gasteiger partial charge in [0.05, 0.1) is 5.52 Å². The van der Waals surface area contributed by atoms with Gasteiger partial charge < -0.3 is 15.6 Å². The first-order valence-electron chi connectivity index (χ1n) is 13.6. The van der Waals surface area contributed by atoms with E-state index in [1.165, 1.54) is 25.9 Å². The Balaban J connectivity index is 0.000000174. The van der Waals surface area contributed by atoms with Gasteiger partial charge in [0.2, 0.25) is 6.41 Å². The minimum absolute atomic E-state index is 0.497. The normalized spacial score (nSPS) is 15.6. The third kappa shape index (κ3) is 7.67. The molecule has 0 aliphatic carbocycles. The first-order valence-corrected chi connectivity index (χ1v) is 15.4. The van der Waals surface area contributed by atoms with Gasteiger partial charge in [-0.3, -0.25) is 19.8 Å². The van der Waals surface area contributed by atoms with Gasteiger partial charge in [0.25, 0.3) is 0 Å². The molecule has 3 N–H and O–H groups in total. The lowest BCUT2D eigenvalue weighted by Gasteiger charge is -2.32. The van der Waals surface area contributed by atoms with Gasteiger partial charge in [-0.25, -0.2) is 4.98 Å². The molecule has 2 saturated heterocycles. The second kappa shape index (κ2) is 14.9. The van der Waals surface area contributed by atoms with Crippen LogP contribution in [0.15, 0.2) is 48.1 Å². The zero-order valence-corrected chi connectivity index (χ0v) is 24.8. The lowest BCUT2D eigenvalue weighted by molar-refractivity contribution is -0.105. The van der Waals surface area contributed by atoms with Crippen molar-refractivity contribution in [3.05, 3.63) is 53.8 Å². The van der Waals surface area contributed by atoms with E-state index in [2.05, 4.69) is 47.9 Å². The largest absolute Gasteiger partial charge is 0.348 e. The van der Waals surface area contributed by atoms with Crippen molar-refractivity contribution in [2.75, 3.05) is 49.2 Å². The first kappa shape index (κ1) is 29.7. The second-order valence-corrected chi connectivity index (χ2v) is 10.7. The summed E-state index contributed by atoms with van der Waals surface area (Å²) < 4.78 is 0. The van der Waals surface area contributed by atoms with Crippen LogP contribution in [0.1, 0.15) is 31.4 Å². The maximum Gasteiger partial charge on any atom is 0.211 e. The Bertz CT molecular complexity index is 1360. The number of H-pyrrole nitrogens is 1. The monoisotopic (exact) mass is 578 g/mol. The lowest BCUT2D eigenvalue weighted by Crippen LogP contribution is -2.39. The van der Waals surface area contributed by atoms with E-state index in [1.54, 1.807) is 23.8 Å². The Morgan fingerprint density at radius 3 is 2.58 bits per heavy atom. The second-order valence-electron chi connectivity index (χ2n) is 9.87. The molecule has 6 rings (SSSR count). The number of nitrogens with zero attached hydrogens (tertiary/aromatic N) is 5. The first-order chi connectivity index (χ1) is 19.6. The van der Waals surface area contributed by atoms with Crippen LogP contribution in [-0.4, -0.2) is 76.2 Å². The van der Waals surface area contributed by atoms with E-state index in [0.29, 0.717) is 12.3 Å². The Kier molecular flexibility index (Phi) is 11.1. The minimum atomic E-state index is 0.497. The van der Waals surface area contributed by atoms with Gasteiger partial charge in [-0.05, 0) is 82.3 Å². The average molecular weight is 579 g/mol. The molecule has 0 saturated carbocycles. The molecule has 9 nitrogen and oxygen atoms in total. The number of carbonyl (C=O) groups excluding carboxylic acids is 1. The van der Waals surface area contributed by atoms with Crippen LogP contribution in [0.4, 0.5) is 10.8 Å². The van der Waals surface area contributed by atoms with Gasteiger partial charge in [-0.15, -0.1) is 11.3 Å². The van der Waals surface area contributed by atoms with E-state index >= 15 is 0 Å². The lowest BCUT2D eigenvalue weighted by atomic mass is 9.92. The smallest absolute Gasteiger partial charge is 0.211 e. The molecule has 1 amide bonds. The number of hydrogen-bond donors (Lipinski definition) is 4. The SMILES string of the molecule is CS.Cc1cc(-c2n[nH]c3ccc(NC=O)cc23)ccn1.N=C(CN1CCCC1)C1CCN(c2nccs2)CC1. The molecule has 0 spiro atoms. The molecule has 1 aromatic carbocycles. The quantitative estimate of drug-likeness (QED) is 0.130. The summed E-state index contributed by atoms with van der Waals surface area (Å²) in [4.78, 5) is 23.9. The predicted molar refractivity (Wildman–Crippen MR) is 169 cm³/mol. The highest BCUT2D eigenvalue weighted by molar-refractivity contribution is 7.79. The van der Waals surface area contributed by atoms with Crippen LogP contribution in [0.5, 0.6) is 0 Å². The molecular weight excluding hydrogens is 541 g/mol. The standard InChI is InChI=1S/C14H12N4O.C14H22N4S.CH4S/c1-9-6-10(4-5-15-9)14-12-7-11(16-8-19)2-3-13(12)17-18-14;15-13(11-17-6-1-2-7-17)12-3-8-18(9-4-12)14-16-5-10-19-14;1-2/h2-8H,1H3,(H,16,19)(H,17,18);5,10,12,15H,1-4,6-9,11H2;2H,1H3. The Hall–Kier alpha value is -3.28. The molecule has 0 atom stereocenters. The summed E-state index contributed by atoms with van der Waals surface area (Å²) in [7, 11) is 0. The summed E-state index contributed by atoms with van der Waals surface area (Å²) >= 11 is 5.25. The van der Waals surface area contributed by atoms with Gasteiger partial charge in [0.15, 0.2) is 5.13 Å². The number of piperidine rings is 1. The molecule has 11 heteroatoms. The summed E-state index contributed by atoms with van der Waals surface area (Å²) in [5.74, 6) is 0.497. The van der Waals surface area contributed by atoms with Crippen LogP contribution < -0.4 is 10.2 Å². The summed E-state index contributed by atoms with van der Waals surface area (Å²) in [6, 6.07) is 9.53. The molecular formula is C29H38N8OS2. The van der Waals surface area contributed by atoms with E-state index < -0.39 is 0 Å². The topological polar surface area (TPSA) is 114 Å². The molecule has 2 aliphatic heterocycles. The van der Waals surface area contributed by atoms with E-state index in [1.807, 2.05) is 48.8 Å². The minimum Gasteiger partial charge on any atom is -0.348 e. The van der Waals surface area contributed by atoms with Crippen LogP contribution in [-0.2, 0) is 4.79 Å². The number of anilines is 2. The molecule has 2 fully saturated rings. The highest BCUT2D eigenvalue weighted by Crippen LogP contribution is 2.28. The molecule has 5 heterocycles. The number of hydrogen-bond acceptors (Lipinski definition) is 9. The third-order valence-corrected chi connectivity index (χ3v) is 8.06. The number of nitrogens with one attached hydrogen (secondary N) is 3. The summed E-state index contributed by atoms with van der Waals surface area (Å²) in [5, 5.41) is 22.4. The Labute approximate surface area is 245 Å². The average Bonchev–Trinajstić information content (AvgIpc) is 3.77. The fourth-order valence-electron chi connectivity index (χ4n) is 5.19. The molecule has 4 aromatic rings. The Morgan fingerprint density at radius 2 is 1.90 bits per heavy atom. The number of thiol groups is 1. The number of pyridine rings is 1. The van der Waals surface area contributed by atoms with Crippen molar-refractivity contribution in [1.82, 2.24) is 25.1 Å². The van der Waals surface area contributed by atoms with Gasteiger partial charge in [-0.1, -0.05) is 0 Å². The summed E-state index contributed by atoms with van der Waals surface area (Å²) in [6.45, 7) is 7.35. The maximum absolute atomic E-state index is 10.5. The van der Waals surface area contributed by atoms with Gasteiger partial charge in [0.1, 0.15) is 5.69 Å². The predicted octanol–water partition coefficient (Wildman–Crippen LogP) is 5.52. The third-order valence-electron chi connectivity index (χ3n) is 7.23. The molecule has 0 unspecified atom stereocenters. The highest BCUT2D eigenvalue weighted by Gasteiger charge is 2.25. The van der Waals surface area contributed by atoms with E-state index in [4.69, 9.17) is 5.41 Å². The van der Waals surface area contributed by atoms with E-state index in [0.717, 1.165) is 76.9 Å². The highest BCUT2D eigenvalue weighted by atomic mass is 32.1. The van der Waals surface area contributed by atoms with Crippen LogP contribution in [0.2, 0.25) is 0 Å². The maximum atomic E-state index is 10.5. The van der Waals surface area contributed by atoms with E-state index in [-0.39, 0.29) is 0 Å². The van der Waals surface area contributed by atoms with Crippen molar-refractivity contribution in [3.63, 3.8) is 0 Å². The van der Waals surface area contributed by atoms with Crippen LogP contribution in [0.3, 0.4) is 0 Å². The number of aromatic nitrogens is 4. The summed E-state index contributed by atoms with van der Waals surface area (Å²) in [5.41, 5.74) is 5.44. The van der Waals surface area contributed by atoms with Gasteiger partial charge in [0, 0.05) is 71.4 Å². The number of carbonyl (C=O) groups is 1. The number of amides is 1. The summed E-state index contributed by atoms with van der Waals surface area (Å²) in [6.07, 6.45) is 10.9. The molecule has 3 aromatic heterocycles. The van der Waals surface area contributed by atoms with Gasteiger partial charge >= 0.3 is 0 Å². The number of thiazole rings is 1. The zero-order chi connectivity index (χ0) is 28.3. The van der Waals surface area contributed by atoms with Crippen molar-refractivity contribution >= 4 is 57.8 Å².